The van der Waals surface area contributed by atoms with Gasteiger partial charge in [0.25, 0.3) is 0 Å². The van der Waals surface area contributed by atoms with Crippen LogP contribution in [0.15, 0.2) is 54.7 Å². The summed E-state index contributed by atoms with van der Waals surface area (Å²) in [6.07, 6.45) is 1.84. The fourth-order valence-corrected chi connectivity index (χ4v) is 2.32. The van der Waals surface area contributed by atoms with E-state index in [4.69, 9.17) is 16.3 Å². The standard InChI is InChI=1S/C16H12ClNO/c1-19-16-7-3-4-11-9-15(18-10-14(11)16)12-5-2-6-13(17)8-12/h2-10H,1H3. The molecule has 0 saturated carbocycles. The molecule has 0 atom stereocenters. The second-order valence-electron chi connectivity index (χ2n) is 4.26. The van der Waals surface area contributed by atoms with Crippen LogP contribution in [0.3, 0.4) is 0 Å². The summed E-state index contributed by atoms with van der Waals surface area (Å²) in [7, 11) is 1.67. The van der Waals surface area contributed by atoms with Crippen molar-refractivity contribution in [2.24, 2.45) is 0 Å². The lowest BCUT2D eigenvalue weighted by Gasteiger charge is -2.07. The third-order valence-electron chi connectivity index (χ3n) is 3.07. The zero-order valence-corrected chi connectivity index (χ0v) is 11.2. The highest BCUT2D eigenvalue weighted by molar-refractivity contribution is 6.30. The number of pyridine rings is 1. The minimum atomic E-state index is 0.713. The van der Waals surface area contributed by atoms with Gasteiger partial charge < -0.3 is 4.74 Å². The third kappa shape index (κ3) is 2.27. The Morgan fingerprint density at radius 3 is 2.68 bits per heavy atom. The lowest BCUT2D eigenvalue weighted by Crippen LogP contribution is -1.88. The zero-order valence-electron chi connectivity index (χ0n) is 10.4. The first-order chi connectivity index (χ1) is 9.28. The Labute approximate surface area is 116 Å². The number of benzene rings is 2. The van der Waals surface area contributed by atoms with Crippen LogP contribution in [-0.4, -0.2) is 12.1 Å². The van der Waals surface area contributed by atoms with Crippen molar-refractivity contribution in [3.05, 3.63) is 59.8 Å². The monoisotopic (exact) mass is 269 g/mol. The van der Waals surface area contributed by atoms with Gasteiger partial charge in [0.15, 0.2) is 0 Å². The highest BCUT2D eigenvalue weighted by Crippen LogP contribution is 2.28. The van der Waals surface area contributed by atoms with E-state index in [0.29, 0.717) is 5.02 Å². The molecule has 0 amide bonds. The molecule has 2 aromatic carbocycles. The summed E-state index contributed by atoms with van der Waals surface area (Å²) in [5.74, 6) is 0.836. The van der Waals surface area contributed by atoms with Crippen LogP contribution < -0.4 is 4.74 Å². The molecule has 2 nitrogen and oxygen atoms in total. The van der Waals surface area contributed by atoms with Crippen molar-refractivity contribution in [2.75, 3.05) is 7.11 Å². The van der Waals surface area contributed by atoms with Gasteiger partial charge in [-0.25, -0.2) is 0 Å². The largest absolute Gasteiger partial charge is 0.496 e. The predicted molar refractivity (Wildman–Crippen MR) is 78.7 cm³/mol. The molecule has 0 aliphatic carbocycles. The van der Waals surface area contributed by atoms with Crippen LogP contribution in [0.25, 0.3) is 22.0 Å². The summed E-state index contributed by atoms with van der Waals surface area (Å²) >= 11 is 6.01. The van der Waals surface area contributed by atoms with Crippen LogP contribution in [0, 0.1) is 0 Å². The Kier molecular flexibility index (Phi) is 3.10. The van der Waals surface area contributed by atoms with Gasteiger partial charge in [0, 0.05) is 22.2 Å². The minimum Gasteiger partial charge on any atom is -0.496 e. The number of nitrogens with zero attached hydrogens (tertiary/aromatic N) is 1. The number of aromatic nitrogens is 1. The van der Waals surface area contributed by atoms with Crippen molar-refractivity contribution in [3.63, 3.8) is 0 Å². The molecule has 19 heavy (non-hydrogen) atoms. The molecular weight excluding hydrogens is 258 g/mol. The number of hydrogen-bond acceptors (Lipinski definition) is 2. The molecule has 0 saturated heterocycles. The zero-order chi connectivity index (χ0) is 13.2. The van der Waals surface area contributed by atoms with E-state index in [2.05, 4.69) is 4.98 Å². The lowest BCUT2D eigenvalue weighted by atomic mass is 10.1. The topological polar surface area (TPSA) is 22.1 Å². The second-order valence-corrected chi connectivity index (χ2v) is 4.70. The smallest absolute Gasteiger partial charge is 0.128 e. The van der Waals surface area contributed by atoms with E-state index in [0.717, 1.165) is 27.8 Å². The van der Waals surface area contributed by atoms with Gasteiger partial charge in [0.05, 0.1) is 12.8 Å². The van der Waals surface area contributed by atoms with Crippen LogP contribution in [-0.2, 0) is 0 Å². The third-order valence-corrected chi connectivity index (χ3v) is 3.30. The quantitative estimate of drug-likeness (QED) is 0.680. The molecule has 0 N–H and O–H groups in total. The molecule has 0 unspecified atom stereocenters. The predicted octanol–water partition coefficient (Wildman–Crippen LogP) is 4.56. The molecule has 0 spiro atoms. The second kappa shape index (κ2) is 4.90. The van der Waals surface area contributed by atoms with Crippen LogP contribution >= 0.6 is 11.6 Å². The molecule has 0 aliphatic heterocycles. The SMILES string of the molecule is COc1cccc2cc(-c3cccc(Cl)c3)ncc12. The van der Waals surface area contributed by atoms with E-state index in [1.54, 1.807) is 7.11 Å². The van der Waals surface area contributed by atoms with Crippen LogP contribution in [0.2, 0.25) is 5.02 Å². The molecule has 0 bridgehead atoms. The summed E-state index contributed by atoms with van der Waals surface area (Å²) in [6, 6.07) is 15.7. The summed E-state index contributed by atoms with van der Waals surface area (Å²) < 4.78 is 5.33. The molecule has 1 aromatic heterocycles. The molecule has 1 heterocycles. The van der Waals surface area contributed by atoms with Crippen LogP contribution in [0.4, 0.5) is 0 Å². The Bertz CT molecular complexity index is 740. The van der Waals surface area contributed by atoms with Crippen LogP contribution in [0.5, 0.6) is 5.75 Å². The summed E-state index contributed by atoms with van der Waals surface area (Å²) in [5, 5.41) is 2.82. The highest BCUT2D eigenvalue weighted by Gasteiger charge is 2.05. The number of methoxy groups -OCH3 is 1. The first-order valence-corrected chi connectivity index (χ1v) is 6.34. The van der Waals surface area contributed by atoms with Crippen molar-refractivity contribution in [3.8, 4) is 17.0 Å². The van der Waals surface area contributed by atoms with Crippen molar-refractivity contribution in [1.29, 1.82) is 0 Å². The molecule has 3 heteroatoms. The average molecular weight is 270 g/mol. The van der Waals surface area contributed by atoms with E-state index in [1.807, 2.05) is 54.7 Å². The summed E-state index contributed by atoms with van der Waals surface area (Å²) in [5.41, 5.74) is 1.92. The molecule has 3 aromatic rings. The van der Waals surface area contributed by atoms with Gasteiger partial charge in [-0.2, -0.15) is 0 Å². The van der Waals surface area contributed by atoms with E-state index < -0.39 is 0 Å². The fraction of sp³-hybridized carbons (Fsp3) is 0.0625. The molecule has 0 aliphatic rings. The van der Waals surface area contributed by atoms with Crippen LogP contribution in [0.1, 0.15) is 0 Å². The van der Waals surface area contributed by atoms with E-state index in [-0.39, 0.29) is 0 Å². The van der Waals surface area contributed by atoms with Gasteiger partial charge in [0.1, 0.15) is 5.75 Å². The fourth-order valence-electron chi connectivity index (χ4n) is 2.13. The number of rotatable bonds is 2. The maximum absolute atomic E-state index is 6.01. The first-order valence-electron chi connectivity index (χ1n) is 5.96. The van der Waals surface area contributed by atoms with Gasteiger partial charge in [-0.1, -0.05) is 35.9 Å². The summed E-state index contributed by atoms with van der Waals surface area (Å²) in [4.78, 5) is 4.49. The Morgan fingerprint density at radius 2 is 1.89 bits per heavy atom. The maximum Gasteiger partial charge on any atom is 0.128 e. The van der Waals surface area contributed by atoms with Gasteiger partial charge in [-0.05, 0) is 29.7 Å². The number of hydrogen-bond donors (Lipinski definition) is 0. The maximum atomic E-state index is 6.01. The molecule has 0 radical (unpaired) electrons. The molecule has 3 rings (SSSR count). The van der Waals surface area contributed by atoms with E-state index >= 15 is 0 Å². The Hall–Kier alpha value is -2.06. The Morgan fingerprint density at radius 1 is 1.05 bits per heavy atom. The molecular formula is C16H12ClNO. The van der Waals surface area contributed by atoms with Crippen molar-refractivity contribution < 1.29 is 4.74 Å². The first kappa shape index (κ1) is 12.0. The van der Waals surface area contributed by atoms with E-state index in [1.165, 1.54) is 0 Å². The minimum absolute atomic E-state index is 0.713. The number of ether oxygens (including phenoxy) is 1. The van der Waals surface area contributed by atoms with Gasteiger partial charge in [-0.15, -0.1) is 0 Å². The number of fused-ring (bicyclic) bond motifs is 1. The van der Waals surface area contributed by atoms with Gasteiger partial charge in [0.2, 0.25) is 0 Å². The van der Waals surface area contributed by atoms with E-state index in [9.17, 15) is 0 Å². The van der Waals surface area contributed by atoms with Crippen molar-refractivity contribution in [2.45, 2.75) is 0 Å². The summed E-state index contributed by atoms with van der Waals surface area (Å²) in [6.45, 7) is 0. The van der Waals surface area contributed by atoms with Gasteiger partial charge in [-0.3, -0.25) is 4.98 Å². The van der Waals surface area contributed by atoms with Gasteiger partial charge >= 0.3 is 0 Å². The molecule has 94 valence electrons. The lowest BCUT2D eigenvalue weighted by molar-refractivity contribution is 0.419. The average Bonchev–Trinajstić information content (AvgIpc) is 2.46. The van der Waals surface area contributed by atoms with Crippen molar-refractivity contribution >= 4 is 22.4 Å². The highest BCUT2D eigenvalue weighted by atomic mass is 35.5. The number of halogens is 1. The normalized spacial score (nSPS) is 10.6. The molecule has 0 fully saturated rings. The van der Waals surface area contributed by atoms with Crippen molar-refractivity contribution in [1.82, 2.24) is 4.98 Å². The Balaban J connectivity index is 2.17.